The summed E-state index contributed by atoms with van der Waals surface area (Å²) >= 11 is 0. The van der Waals surface area contributed by atoms with Crippen molar-refractivity contribution in [2.24, 2.45) is 4.99 Å². The number of nitrogens with one attached hydrogen (secondary N) is 2. The Morgan fingerprint density at radius 1 is 1.22 bits per heavy atom. The van der Waals surface area contributed by atoms with Gasteiger partial charge in [-0.25, -0.2) is 13.4 Å². The highest BCUT2D eigenvalue weighted by atomic mass is 32.2. The van der Waals surface area contributed by atoms with Gasteiger partial charge < -0.3 is 10.1 Å². The number of nitrogens with zero attached hydrogens (tertiary/aromatic N) is 1. The lowest BCUT2D eigenvalue weighted by atomic mass is 9.96. The van der Waals surface area contributed by atoms with Gasteiger partial charge >= 0.3 is 0 Å². The number of benzene rings is 1. The van der Waals surface area contributed by atoms with Gasteiger partial charge in [0, 0.05) is 5.69 Å². The molecule has 1 aliphatic rings. The minimum absolute atomic E-state index is 0.170. The number of anilines is 1. The molecule has 0 aromatic heterocycles. The molecular weight excluding hydrogens is 314 g/mol. The molecule has 0 unspecified atom stereocenters. The van der Waals surface area contributed by atoms with Crippen LogP contribution in [0.4, 0.5) is 5.69 Å². The molecule has 0 atom stereocenters. The first-order valence-electron chi connectivity index (χ1n) is 8.02. The Labute approximate surface area is 138 Å². The molecule has 0 aliphatic heterocycles. The number of rotatable bonds is 5. The van der Waals surface area contributed by atoms with Crippen LogP contribution in [0.15, 0.2) is 29.3 Å². The zero-order valence-corrected chi connectivity index (χ0v) is 14.5. The summed E-state index contributed by atoms with van der Waals surface area (Å²) in [5, 5.41) is 3.06. The van der Waals surface area contributed by atoms with Crippen LogP contribution < -0.4 is 14.8 Å². The number of hydrogen-bond donors (Lipinski definition) is 2. The first kappa shape index (κ1) is 17.6. The standard InChI is InChI=1S/C16H25N3O3S/c1-3-22-15-11-9-14(10-12-15)18-16(19-23(2,20)21)17-13-7-5-4-6-8-13/h9-13H,3-8H2,1-2H3,(H2,17,18,19). The van der Waals surface area contributed by atoms with Gasteiger partial charge in [-0.3, -0.25) is 4.72 Å². The molecule has 0 spiro atoms. The van der Waals surface area contributed by atoms with Gasteiger partial charge in [0.05, 0.1) is 18.9 Å². The van der Waals surface area contributed by atoms with Crippen LogP contribution in [-0.4, -0.2) is 33.3 Å². The second kappa shape index (κ2) is 8.19. The third-order valence-corrected chi connectivity index (χ3v) is 4.16. The molecule has 0 heterocycles. The Balaban J connectivity index is 2.11. The second-order valence-electron chi connectivity index (χ2n) is 5.73. The van der Waals surface area contributed by atoms with Crippen molar-refractivity contribution in [1.82, 2.24) is 4.72 Å². The lowest BCUT2D eigenvalue weighted by Crippen LogP contribution is -2.36. The Morgan fingerprint density at radius 3 is 2.43 bits per heavy atom. The molecule has 1 aromatic carbocycles. The van der Waals surface area contributed by atoms with Crippen LogP contribution in [0.1, 0.15) is 39.0 Å². The molecule has 1 aliphatic carbocycles. The van der Waals surface area contributed by atoms with E-state index in [1.54, 1.807) is 0 Å². The normalized spacial score (nSPS) is 16.9. The molecule has 1 fully saturated rings. The molecule has 0 amide bonds. The number of sulfonamides is 1. The van der Waals surface area contributed by atoms with Gasteiger partial charge in [-0.05, 0) is 44.0 Å². The molecule has 128 valence electrons. The Bertz CT molecular complexity index is 620. The van der Waals surface area contributed by atoms with E-state index < -0.39 is 10.0 Å². The van der Waals surface area contributed by atoms with E-state index in [1.165, 1.54) is 6.42 Å². The van der Waals surface area contributed by atoms with Gasteiger partial charge in [0.2, 0.25) is 16.0 Å². The van der Waals surface area contributed by atoms with Gasteiger partial charge in [0.15, 0.2) is 0 Å². The maximum absolute atomic E-state index is 11.6. The molecule has 0 saturated heterocycles. The average molecular weight is 339 g/mol. The van der Waals surface area contributed by atoms with Crippen molar-refractivity contribution in [3.05, 3.63) is 24.3 Å². The fraction of sp³-hybridized carbons (Fsp3) is 0.562. The molecule has 6 nitrogen and oxygen atoms in total. The van der Waals surface area contributed by atoms with E-state index in [-0.39, 0.29) is 12.0 Å². The summed E-state index contributed by atoms with van der Waals surface area (Å²) in [6.07, 6.45) is 6.64. The molecular formula is C16H25N3O3S. The van der Waals surface area contributed by atoms with Crippen molar-refractivity contribution in [2.45, 2.75) is 45.1 Å². The Kier molecular flexibility index (Phi) is 6.27. The zero-order valence-electron chi connectivity index (χ0n) is 13.7. The number of hydrogen-bond acceptors (Lipinski definition) is 4. The second-order valence-corrected chi connectivity index (χ2v) is 7.47. The highest BCUT2D eigenvalue weighted by molar-refractivity contribution is 7.89. The maximum atomic E-state index is 11.6. The predicted molar refractivity (Wildman–Crippen MR) is 93.5 cm³/mol. The van der Waals surface area contributed by atoms with Gasteiger partial charge in [-0.2, -0.15) is 0 Å². The fourth-order valence-corrected chi connectivity index (χ4v) is 3.05. The van der Waals surface area contributed by atoms with E-state index in [0.717, 1.165) is 43.4 Å². The van der Waals surface area contributed by atoms with E-state index >= 15 is 0 Å². The monoisotopic (exact) mass is 339 g/mol. The molecule has 2 rings (SSSR count). The van der Waals surface area contributed by atoms with E-state index in [9.17, 15) is 8.42 Å². The van der Waals surface area contributed by atoms with E-state index in [4.69, 9.17) is 4.74 Å². The van der Waals surface area contributed by atoms with E-state index in [1.807, 2.05) is 31.2 Å². The van der Waals surface area contributed by atoms with E-state index in [0.29, 0.717) is 6.61 Å². The van der Waals surface area contributed by atoms with Crippen LogP contribution in [0, 0.1) is 0 Å². The molecule has 1 aromatic rings. The van der Waals surface area contributed by atoms with Crippen molar-refractivity contribution < 1.29 is 13.2 Å². The predicted octanol–water partition coefficient (Wildman–Crippen LogP) is 2.74. The Hall–Kier alpha value is -1.76. The van der Waals surface area contributed by atoms with Gasteiger partial charge in [0.25, 0.3) is 0 Å². The molecule has 1 saturated carbocycles. The number of aliphatic imine (C=N–C) groups is 1. The molecule has 0 radical (unpaired) electrons. The van der Waals surface area contributed by atoms with Gasteiger partial charge in [-0.15, -0.1) is 0 Å². The van der Waals surface area contributed by atoms with Crippen molar-refractivity contribution >= 4 is 21.7 Å². The third-order valence-electron chi connectivity index (χ3n) is 3.60. The van der Waals surface area contributed by atoms with Gasteiger partial charge in [0.1, 0.15) is 5.75 Å². The number of guanidine groups is 1. The SMILES string of the molecule is CCOc1ccc(NC(=NC2CCCCC2)NS(C)(=O)=O)cc1. The third kappa shape index (κ3) is 6.48. The lowest BCUT2D eigenvalue weighted by molar-refractivity contribution is 0.340. The van der Waals surface area contributed by atoms with Crippen LogP contribution in [0.5, 0.6) is 5.75 Å². The zero-order chi connectivity index (χ0) is 16.7. The van der Waals surface area contributed by atoms with E-state index in [2.05, 4.69) is 15.0 Å². The minimum Gasteiger partial charge on any atom is -0.494 e. The Morgan fingerprint density at radius 2 is 1.87 bits per heavy atom. The highest BCUT2D eigenvalue weighted by Gasteiger charge is 2.15. The quantitative estimate of drug-likeness (QED) is 0.638. The first-order chi connectivity index (χ1) is 11.0. The summed E-state index contributed by atoms with van der Waals surface area (Å²) in [5.41, 5.74) is 0.763. The summed E-state index contributed by atoms with van der Waals surface area (Å²) in [7, 11) is -3.38. The molecule has 23 heavy (non-hydrogen) atoms. The largest absolute Gasteiger partial charge is 0.494 e. The average Bonchev–Trinajstić information content (AvgIpc) is 2.49. The van der Waals surface area contributed by atoms with Crippen LogP contribution in [0.2, 0.25) is 0 Å². The summed E-state index contributed by atoms with van der Waals surface area (Å²) in [6.45, 7) is 2.54. The van der Waals surface area contributed by atoms with Crippen LogP contribution >= 0.6 is 0 Å². The lowest BCUT2D eigenvalue weighted by Gasteiger charge is -2.20. The fourth-order valence-electron chi connectivity index (χ4n) is 2.59. The van der Waals surface area contributed by atoms with Crippen LogP contribution in [0.3, 0.4) is 0 Å². The summed E-state index contributed by atoms with van der Waals surface area (Å²) < 4.78 is 31.0. The molecule has 7 heteroatoms. The van der Waals surface area contributed by atoms with Crippen molar-refractivity contribution in [3.63, 3.8) is 0 Å². The van der Waals surface area contributed by atoms with Crippen molar-refractivity contribution in [1.29, 1.82) is 0 Å². The van der Waals surface area contributed by atoms with Crippen LogP contribution in [0.25, 0.3) is 0 Å². The smallest absolute Gasteiger partial charge is 0.232 e. The van der Waals surface area contributed by atoms with Crippen molar-refractivity contribution in [2.75, 3.05) is 18.2 Å². The highest BCUT2D eigenvalue weighted by Crippen LogP contribution is 2.21. The molecule has 2 N–H and O–H groups in total. The summed E-state index contributed by atoms with van der Waals surface area (Å²) in [4.78, 5) is 4.56. The van der Waals surface area contributed by atoms with Crippen LogP contribution in [-0.2, 0) is 10.0 Å². The minimum atomic E-state index is -3.38. The first-order valence-corrected chi connectivity index (χ1v) is 9.91. The maximum Gasteiger partial charge on any atom is 0.232 e. The summed E-state index contributed by atoms with van der Waals surface area (Å²) in [6, 6.07) is 7.52. The van der Waals surface area contributed by atoms with Gasteiger partial charge in [-0.1, -0.05) is 19.3 Å². The topological polar surface area (TPSA) is 79.8 Å². The van der Waals surface area contributed by atoms with Crippen molar-refractivity contribution in [3.8, 4) is 5.75 Å². The number of ether oxygens (including phenoxy) is 1. The molecule has 0 bridgehead atoms. The summed E-state index contributed by atoms with van der Waals surface area (Å²) in [5.74, 6) is 1.06.